The van der Waals surface area contributed by atoms with Crippen molar-refractivity contribution in [1.29, 1.82) is 0 Å². The van der Waals surface area contributed by atoms with E-state index < -0.39 is 0 Å². The zero-order chi connectivity index (χ0) is 13.5. The number of ether oxygens (including phenoxy) is 1. The number of amides is 1. The first kappa shape index (κ1) is 15.3. The molecule has 0 aliphatic rings. The Kier molecular flexibility index (Phi) is 6.46. The standard InChI is InChI=1S/C12H15BrClNO3/c1-15(5-2-6-16)12(17)8-18-11-4-3-9(13)7-10(11)14/h3-4,7,16H,2,5-6,8H2,1H3. The molecule has 1 N–H and O–H groups in total. The van der Waals surface area contributed by atoms with Gasteiger partial charge in [0.15, 0.2) is 6.61 Å². The van der Waals surface area contributed by atoms with E-state index in [0.717, 1.165) is 4.47 Å². The van der Waals surface area contributed by atoms with Crippen molar-refractivity contribution in [1.82, 2.24) is 4.90 Å². The lowest BCUT2D eigenvalue weighted by Crippen LogP contribution is -2.32. The fourth-order valence-electron chi connectivity index (χ4n) is 1.27. The van der Waals surface area contributed by atoms with E-state index in [2.05, 4.69) is 15.9 Å². The summed E-state index contributed by atoms with van der Waals surface area (Å²) in [5, 5.41) is 9.13. The lowest BCUT2D eigenvalue weighted by molar-refractivity contribution is -0.132. The Morgan fingerprint density at radius 3 is 2.89 bits per heavy atom. The van der Waals surface area contributed by atoms with Gasteiger partial charge in [0, 0.05) is 24.7 Å². The average Bonchev–Trinajstić information content (AvgIpc) is 2.34. The number of hydrogen-bond acceptors (Lipinski definition) is 3. The summed E-state index contributed by atoms with van der Waals surface area (Å²) >= 11 is 9.25. The smallest absolute Gasteiger partial charge is 0.260 e. The fraction of sp³-hybridized carbons (Fsp3) is 0.417. The first-order valence-electron chi connectivity index (χ1n) is 5.47. The summed E-state index contributed by atoms with van der Waals surface area (Å²) < 4.78 is 6.20. The average molecular weight is 337 g/mol. The van der Waals surface area contributed by atoms with E-state index in [1.807, 2.05) is 0 Å². The van der Waals surface area contributed by atoms with E-state index in [4.69, 9.17) is 21.4 Å². The zero-order valence-electron chi connectivity index (χ0n) is 10.0. The maximum Gasteiger partial charge on any atom is 0.260 e. The van der Waals surface area contributed by atoms with Gasteiger partial charge in [-0.1, -0.05) is 27.5 Å². The van der Waals surface area contributed by atoms with Gasteiger partial charge in [-0.15, -0.1) is 0 Å². The summed E-state index contributed by atoms with van der Waals surface area (Å²) in [5.74, 6) is 0.325. The van der Waals surface area contributed by atoms with Crippen LogP contribution < -0.4 is 4.74 Å². The minimum atomic E-state index is -0.151. The Labute approximate surface area is 120 Å². The van der Waals surface area contributed by atoms with Crippen molar-refractivity contribution in [3.63, 3.8) is 0 Å². The number of halogens is 2. The Hall–Kier alpha value is -0.780. The second kappa shape index (κ2) is 7.61. The number of carbonyl (C=O) groups is 1. The molecule has 0 aliphatic carbocycles. The molecule has 1 rings (SSSR count). The van der Waals surface area contributed by atoms with Gasteiger partial charge in [-0.3, -0.25) is 4.79 Å². The first-order valence-corrected chi connectivity index (χ1v) is 6.64. The SMILES string of the molecule is CN(CCCO)C(=O)COc1ccc(Br)cc1Cl. The molecule has 18 heavy (non-hydrogen) atoms. The lowest BCUT2D eigenvalue weighted by atomic mass is 10.3. The first-order chi connectivity index (χ1) is 8.54. The molecule has 0 spiro atoms. The highest BCUT2D eigenvalue weighted by Gasteiger charge is 2.10. The Morgan fingerprint density at radius 2 is 2.28 bits per heavy atom. The van der Waals surface area contributed by atoms with Gasteiger partial charge in [0.1, 0.15) is 5.75 Å². The van der Waals surface area contributed by atoms with E-state index in [0.29, 0.717) is 23.7 Å². The van der Waals surface area contributed by atoms with Gasteiger partial charge in [0.05, 0.1) is 5.02 Å². The number of carbonyl (C=O) groups excluding carboxylic acids is 1. The van der Waals surface area contributed by atoms with Crippen molar-refractivity contribution in [2.45, 2.75) is 6.42 Å². The van der Waals surface area contributed by atoms with Crippen LogP contribution in [-0.4, -0.2) is 42.7 Å². The van der Waals surface area contributed by atoms with E-state index in [-0.39, 0.29) is 19.1 Å². The predicted octanol–water partition coefficient (Wildman–Crippen LogP) is 2.32. The van der Waals surface area contributed by atoms with Crippen molar-refractivity contribution < 1.29 is 14.6 Å². The van der Waals surface area contributed by atoms with Gasteiger partial charge in [0.25, 0.3) is 5.91 Å². The zero-order valence-corrected chi connectivity index (χ0v) is 12.4. The van der Waals surface area contributed by atoms with Crippen LogP contribution in [0.1, 0.15) is 6.42 Å². The third-order valence-corrected chi connectivity index (χ3v) is 3.11. The molecule has 0 fully saturated rings. The van der Waals surface area contributed by atoms with Crippen molar-refractivity contribution in [3.05, 3.63) is 27.7 Å². The van der Waals surface area contributed by atoms with E-state index in [1.54, 1.807) is 25.2 Å². The molecule has 1 aromatic carbocycles. The van der Waals surface area contributed by atoms with E-state index in [1.165, 1.54) is 4.90 Å². The molecule has 0 saturated heterocycles. The van der Waals surface area contributed by atoms with Crippen molar-refractivity contribution in [3.8, 4) is 5.75 Å². The number of aliphatic hydroxyl groups excluding tert-OH is 1. The van der Waals surface area contributed by atoms with E-state index in [9.17, 15) is 4.79 Å². The molecule has 0 atom stereocenters. The summed E-state index contributed by atoms with van der Waals surface area (Å²) in [4.78, 5) is 13.2. The Morgan fingerprint density at radius 1 is 1.56 bits per heavy atom. The molecule has 0 aromatic heterocycles. The summed E-state index contributed by atoms with van der Waals surface area (Å²) in [6.45, 7) is 0.507. The Bertz CT molecular complexity index is 414. The molecular weight excluding hydrogens is 321 g/mol. The lowest BCUT2D eigenvalue weighted by Gasteiger charge is -2.17. The van der Waals surface area contributed by atoms with Gasteiger partial charge < -0.3 is 14.7 Å². The minimum absolute atomic E-state index is 0.0662. The molecule has 0 aliphatic heterocycles. The number of rotatable bonds is 6. The van der Waals surface area contributed by atoms with Crippen molar-refractivity contribution in [2.75, 3.05) is 26.8 Å². The van der Waals surface area contributed by atoms with Crippen LogP contribution in [0.5, 0.6) is 5.75 Å². The topological polar surface area (TPSA) is 49.8 Å². The fourth-order valence-corrected chi connectivity index (χ4v) is 2.00. The van der Waals surface area contributed by atoms with Crippen LogP contribution in [0, 0.1) is 0 Å². The maximum absolute atomic E-state index is 11.7. The van der Waals surface area contributed by atoms with Gasteiger partial charge in [0.2, 0.25) is 0 Å². The molecular formula is C12H15BrClNO3. The van der Waals surface area contributed by atoms with Crippen LogP contribution in [0.4, 0.5) is 0 Å². The normalized spacial score (nSPS) is 10.2. The number of aliphatic hydroxyl groups is 1. The predicted molar refractivity (Wildman–Crippen MR) is 74.0 cm³/mol. The van der Waals surface area contributed by atoms with Crippen LogP contribution in [-0.2, 0) is 4.79 Å². The van der Waals surface area contributed by atoms with Crippen molar-refractivity contribution in [2.24, 2.45) is 0 Å². The molecule has 100 valence electrons. The molecule has 4 nitrogen and oxygen atoms in total. The number of benzene rings is 1. The number of likely N-dealkylation sites (N-methyl/N-ethyl adjacent to an activating group) is 1. The largest absolute Gasteiger partial charge is 0.482 e. The van der Waals surface area contributed by atoms with E-state index >= 15 is 0 Å². The van der Waals surface area contributed by atoms with Gasteiger partial charge >= 0.3 is 0 Å². The molecule has 1 aromatic rings. The minimum Gasteiger partial charge on any atom is -0.482 e. The van der Waals surface area contributed by atoms with Gasteiger partial charge in [-0.2, -0.15) is 0 Å². The highest BCUT2D eigenvalue weighted by molar-refractivity contribution is 9.10. The highest BCUT2D eigenvalue weighted by Crippen LogP contribution is 2.27. The summed E-state index contributed by atoms with van der Waals surface area (Å²) in [7, 11) is 1.67. The monoisotopic (exact) mass is 335 g/mol. The summed E-state index contributed by atoms with van der Waals surface area (Å²) in [5.41, 5.74) is 0. The second-order valence-corrected chi connectivity index (χ2v) is 5.08. The van der Waals surface area contributed by atoms with Crippen LogP contribution in [0.25, 0.3) is 0 Å². The maximum atomic E-state index is 11.7. The van der Waals surface area contributed by atoms with Gasteiger partial charge in [-0.25, -0.2) is 0 Å². The number of hydrogen-bond donors (Lipinski definition) is 1. The third-order valence-electron chi connectivity index (χ3n) is 2.32. The summed E-state index contributed by atoms with van der Waals surface area (Å²) in [6, 6.07) is 5.20. The second-order valence-electron chi connectivity index (χ2n) is 3.76. The van der Waals surface area contributed by atoms with Crippen LogP contribution >= 0.6 is 27.5 Å². The van der Waals surface area contributed by atoms with Crippen molar-refractivity contribution >= 4 is 33.4 Å². The van der Waals surface area contributed by atoms with Gasteiger partial charge in [-0.05, 0) is 24.6 Å². The van der Waals surface area contributed by atoms with Crippen LogP contribution in [0.2, 0.25) is 5.02 Å². The third kappa shape index (κ3) is 4.84. The molecule has 6 heteroatoms. The Balaban J connectivity index is 2.47. The summed E-state index contributed by atoms with van der Waals surface area (Å²) in [6.07, 6.45) is 0.557. The quantitative estimate of drug-likeness (QED) is 0.867. The molecule has 1 amide bonds. The molecule has 0 saturated carbocycles. The number of nitrogens with zero attached hydrogens (tertiary/aromatic N) is 1. The highest BCUT2D eigenvalue weighted by atomic mass is 79.9. The molecule has 0 heterocycles. The molecule has 0 bridgehead atoms. The molecule has 0 radical (unpaired) electrons. The van der Waals surface area contributed by atoms with Crippen LogP contribution in [0.15, 0.2) is 22.7 Å². The van der Waals surface area contributed by atoms with Crippen LogP contribution in [0.3, 0.4) is 0 Å². The molecule has 0 unspecified atom stereocenters.